The molecule has 0 bridgehead atoms. The summed E-state index contributed by atoms with van der Waals surface area (Å²) in [5.41, 5.74) is 2.40. The number of allylic oxidation sites excluding steroid dienone is 1. The van der Waals surface area contributed by atoms with Crippen molar-refractivity contribution in [3.8, 4) is 11.5 Å². The molecule has 0 radical (unpaired) electrons. The number of benzene rings is 2. The highest BCUT2D eigenvalue weighted by Gasteiger charge is 2.26. The number of ether oxygens (including phenoxy) is 2. The van der Waals surface area contributed by atoms with Crippen LogP contribution in [-0.2, 0) is 22.6 Å². The maximum absolute atomic E-state index is 12.1. The van der Waals surface area contributed by atoms with Crippen LogP contribution in [0.3, 0.4) is 0 Å². The minimum Gasteiger partial charge on any atom is -0.493 e. The predicted molar refractivity (Wildman–Crippen MR) is 122 cm³/mol. The lowest BCUT2D eigenvalue weighted by Gasteiger charge is -2.18. The van der Waals surface area contributed by atoms with Crippen molar-refractivity contribution in [3.05, 3.63) is 75.8 Å². The highest BCUT2D eigenvalue weighted by Crippen LogP contribution is 2.35. The molecule has 2 N–H and O–H groups in total. The zero-order valence-corrected chi connectivity index (χ0v) is 18.6. The van der Waals surface area contributed by atoms with Crippen molar-refractivity contribution in [1.82, 2.24) is 10.6 Å². The summed E-state index contributed by atoms with van der Waals surface area (Å²) in [5.74, 6) is -0.0289. The second kappa shape index (κ2) is 9.69. The second-order valence-corrected chi connectivity index (χ2v) is 7.74. The van der Waals surface area contributed by atoms with Crippen LogP contribution < -0.4 is 20.1 Å². The van der Waals surface area contributed by atoms with E-state index in [-0.39, 0.29) is 10.7 Å². The lowest BCUT2D eigenvalue weighted by Crippen LogP contribution is -2.51. The van der Waals surface area contributed by atoms with Gasteiger partial charge in [0.05, 0.1) is 7.11 Å². The van der Waals surface area contributed by atoms with Crippen molar-refractivity contribution in [1.29, 1.82) is 0 Å². The molecule has 1 aliphatic rings. The minimum atomic E-state index is -0.552. The number of hydrogen-bond acceptors (Lipinski definition) is 5. The molecule has 8 heteroatoms. The van der Waals surface area contributed by atoms with Gasteiger partial charge in [-0.05, 0) is 60.1 Å². The lowest BCUT2D eigenvalue weighted by molar-refractivity contribution is -0.123. The molecule has 2 aromatic rings. The van der Waals surface area contributed by atoms with Gasteiger partial charge < -0.3 is 9.47 Å². The molecule has 3 rings (SSSR count). The zero-order chi connectivity index (χ0) is 21.7. The zero-order valence-electron chi connectivity index (χ0n) is 16.2. The molecule has 0 spiro atoms. The highest BCUT2D eigenvalue weighted by atomic mass is 79.9. The van der Waals surface area contributed by atoms with Gasteiger partial charge in [0, 0.05) is 10.0 Å². The fourth-order valence-electron chi connectivity index (χ4n) is 2.90. The fourth-order valence-corrected chi connectivity index (χ4v) is 3.35. The van der Waals surface area contributed by atoms with Crippen LogP contribution in [0.25, 0.3) is 6.08 Å². The fraction of sp³-hybridized carbons (Fsp3) is 0.136. The summed E-state index contributed by atoms with van der Waals surface area (Å²) in [6.07, 6.45) is 3.75. The summed E-state index contributed by atoms with van der Waals surface area (Å²) in [6.45, 7) is 4.16. The molecule has 154 valence electrons. The molecule has 1 fully saturated rings. The number of thiocarbonyl (C=S) groups is 1. The molecular formula is C22H19BrN2O4S. The molecule has 1 heterocycles. The van der Waals surface area contributed by atoms with Crippen molar-refractivity contribution < 1.29 is 19.1 Å². The Morgan fingerprint density at radius 1 is 1.13 bits per heavy atom. The Morgan fingerprint density at radius 3 is 2.40 bits per heavy atom. The van der Waals surface area contributed by atoms with E-state index in [1.165, 1.54) is 13.2 Å². The third-order valence-corrected chi connectivity index (χ3v) is 5.02. The first-order chi connectivity index (χ1) is 14.4. The number of carbonyl (C=O) groups excluding carboxylic acids is 2. The summed E-state index contributed by atoms with van der Waals surface area (Å²) in [5, 5.41) is 4.83. The number of methoxy groups -OCH3 is 1. The molecule has 0 atom stereocenters. The van der Waals surface area contributed by atoms with Crippen LogP contribution in [0.1, 0.15) is 16.7 Å². The van der Waals surface area contributed by atoms with Gasteiger partial charge in [-0.2, -0.15) is 0 Å². The van der Waals surface area contributed by atoms with E-state index in [4.69, 9.17) is 21.7 Å². The molecule has 0 saturated carbocycles. The van der Waals surface area contributed by atoms with Gasteiger partial charge >= 0.3 is 0 Å². The molecular weight excluding hydrogens is 468 g/mol. The maximum Gasteiger partial charge on any atom is 0.263 e. The monoisotopic (exact) mass is 486 g/mol. The maximum atomic E-state index is 12.1. The first kappa shape index (κ1) is 21.7. The smallest absolute Gasteiger partial charge is 0.263 e. The van der Waals surface area contributed by atoms with E-state index in [1.807, 2.05) is 30.3 Å². The van der Waals surface area contributed by atoms with Crippen LogP contribution in [-0.4, -0.2) is 24.0 Å². The largest absolute Gasteiger partial charge is 0.493 e. The van der Waals surface area contributed by atoms with Gasteiger partial charge in [0.1, 0.15) is 12.2 Å². The first-order valence-corrected chi connectivity index (χ1v) is 10.2. The Morgan fingerprint density at radius 2 is 1.80 bits per heavy atom. The van der Waals surface area contributed by atoms with Gasteiger partial charge in [0.2, 0.25) is 0 Å². The number of nitrogens with one attached hydrogen (secondary N) is 2. The van der Waals surface area contributed by atoms with Crippen molar-refractivity contribution >= 4 is 51.2 Å². The Bertz CT molecular complexity index is 1030. The summed E-state index contributed by atoms with van der Waals surface area (Å²) < 4.78 is 12.6. The Hall–Kier alpha value is -2.97. The summed E-state index contributed by atoms with van der Waals surface area (Å²) in [6, 6.07) is 11.4. The van der Waals surface area contributed by atoms with Crippen LogP contribution in [0.4, 0.5) is 0 Å². The lowest BCUT2D eigenvalue weighted by atomic mass is 10.0. The van der Waals surface area contributed by atoms with Gasteiger partial charge in [-0.1, -0.05) is 34.1 Å². The topological polar surface area (TPSA) is 76.7 Å². The third-order valence-electron chi connectivity index (χ3n) is 4.29. The molecule has 0 unspecified atom stereocenters. The van der Waals surface area contributed by atoms with E-state index in [2.05, 4.69) is 33.1 Å². The van der Waals surface area contributed by atoms with Crippen LogP contribution in [0, 0.1) is 0 Å². The van der Waals surface area contributed by atoms with Gasteiger partial charge in [0.15, 0.2) is 16.6 Å². The molecule has 1 aliphatic heterocycles. The summed E-state index contributed by atoms with van der Waals surface area (Å²) in [4.78, 5) is 24.3. The average molecular weight is 487 g/mol. The predicted octanol–water partition coefficient (Wildman–Crippen LogP) is 3.68. The minimum absolute atomic E-state index is 0.0104. The van der Waals surface area contributed by atoms with Crippen LogP contribution in [0.5, 0.6) is 11.5 Å². The van der Waals surface area contributed by atoms with E-state index in [0.29, 0.717) is 30.1 Å². The first-order valence-electron chi connectivity index (χ1n) is 8.98. The Labute approximate surface area is 188 Å². The van der Waals surface area contributed by atoms with Crippen molar-refractivity contribution in [2.24, 2.45) is 0 Å². The van der Waals surface area contributed by atoms with Crippen molar-refractivity contribution in [2.45, 2.75) is 13.0 Å². The Balaban J connectivity index is 1.94. The quantitative estimate of drug-likeness (QED) is 0.270. The van der Waals surface area contributed by atoms with Gasteiger partial charge in [-0.15, -0.1) is 6.58 Å². The van der Waals surface area contributed by atoms with Gasteiger partial charge in [0.25, 0.3) is 11.8 Å². The average Bonchev–Trinajstić information content (AvgIpc) is 2.71. The van der Waals surface area contributed by atoms with E-state index in [0.717, 1.165) is 15.6 Å². The van der Waals surface area contributed by atoms with Crippen molar-refractivity contribution in [3.63, 3.8) is 0 Å². The van der Waals surface area contributed by atoms with Crippen LogP contribution in [0.15, 0.2) is 59.1 Å². The van der Waals surface area contributed by atoms with Gasteiger partial charge in [-0.25, -0.2) is 0 Å². The molecule has 0 aromatic heterocycles. The summed E-state index contributed by atoms with van der Waals surface area (Å²) >= 11 is 8.24. The number of carbonyl (C=O) groups is 2. The van der Waals surface area contributed by atoms with E-state index in [9.17, 15) is 9.59 Å². The molecule has 2 amide bonds. The number of halogens is 1. The number of rotatable bonds is 7. The Kier molecular flexibility index (Phi) is 7.02. The van der Waals surface area contributed by atoms with Crippen LogP contribution >= 0.6 is 28.1 Å². The van der Waals surface area contributed by atoms with Crippen molar-refractivity contribution in [2.75, 3.05) is 7.11 Å². The molecule has 2 aromatic carbocycles. The highest BCUT2D eigenvalue weighted by molar-refractivity contribution is 9.10. The SMILES string of the molecule is C=CCc1cc(C=C2C(=O)NC(=S)NC2=O)cc(OC)c1OCc1ccc(Br)cc1. The van der Waals surface area contributed by atoms with E-state index < -0.39 is 11.8 Å². The van der Waals surface area contributed by atoms with E-state index in [1.54, 1.807) is 12.1 Å². The van der Waals surface area contributed by atoms with Crippen LogP contribution in [0.2, 0.25) is 0 Å². The van der Waals surface area contributed by atoms with E-state index >= 15 is 0 Å². The third kappa shape index (κ3) is 5.14. The normalized spacial score (nSPS) is 13.4. The molecule has 30 heavy (non-hydrogen) atoms. The second-order valence-electron chi connectivity index (χ2n) is 6.41. The number of amides is 2. The standard InChI is InChI=1S/C22H19BrN2O4S/c1-3-4-15-9-14(10-17-20(26)24-22(30)25-21(17)27)11-18(28-2)19(15)29-12-13-5-7-16(23)8-6-13/h3,5-11H,1,4,12H2,2H3,(H2,24,25,26,27,30). The molecule has 0 aliphatic carbocycles. The molecule has 1 saturated heterocycles. The summed E-state index contributed by atoms with van der Waals surface area (Å²) in [7, 11) is 1.54. The van der Waals surface area contributed by atoms with Gasteiger partial charge in [-0.3, -0.25) is 20.2 Å². The molecule has 6 nitrogen and oxygen atoms in total. The number of hydrogen-bond donors (Lipinski definition) is 2.